The van der Waals surface area contributed by atoms with Gasteiger partial charge in [0.15, 0.2) is 5.16 Å². The summed E-state index contributed by atoms with van der Waals surface area (Å²) in [4.78, 5) is 44.0. The SMILES string of the molecule is CNC(=O)NC(=O)CSc1nc2sc3c(c2c(=O)n1CCc1ccccc1)CCC(C)C3. The first-order chi connectivity index (χ1) is 15.5. The summed E-state index contributed by atoms with van der Waals surface area (Å²) in [7, 11) is 1.45. The maximum absolute atomic E-state index is 13.6. The highest BCUT2D eigenvalue weighted by molar-refractivity contribution is 7.99. The number of aromatic nitrogens is 2. The van der Waals surface area contributed by atoms with Gasteiger partial charge in [0.05, 0.1) is 11.1 Å². The Morgan fingerprint density at radius 1 is 1.28 bits per heavy atom. The molecule has 1 aliphatic rings. The van der Waals surface area contributed by atoms with E-state index in [-0.39, 0.29) is 11.3 Å². The molecule has 0 bridgehead atoms. The molecule has 1 atom stereocenters. The van der Waals surface area contributed by atoms with Gasteiger partial charge in [-0.25, -0.2) is 9.78 Å². The van der Waals surface area contributed by atoms with E-state index >= 15 is 0 Å². The molecule has 0 saturated carbocycles. The van der Waals surface area contributed by atoms with E-state index in [9.17, 15) is 14.4 Å². The number of rotatable bonds is 6. The molecule has 7 nitrogen and oxygen atoms in total. The minimum atomic E-state index is -0.555. The van der Waals surface area contributed by atoms with E-state index in [0.29, 0.717) is 24.0 Å². The van der Waals surface area contributed by atoms with Crippen molar-refractivity contribution < 1.29 is 9.59 Å². The third-order valence-corrected chi connectivity index (χ3v) is 7.78. The maximum Gasteiger partial charge on any atom is 0.321 e. The number of fused-ring (bicyclic) bond motifs is 3. The number of carbonyl (C=O) groups is 2. The molecule has 9 heteroatoms. The van der Waals surface area contributed by atoms with Crippen molar-refractivity contribution in [3.05, 3.63) is 56.7 Å². The minimum absolute atomic E-state index is 0.00116. The van der Waals surface area contributed by atoms with Crippen molar-refractivity contribution in [1.82, 2.24) is 20.2 Å². The van der Waals surface area contributed by atoms with Crippen LogP contribution in [-0.4, -0.2) is 34.3 Å². The van der Waals surface area contributed by atoms with E-state index in [0.717, 1.165) is 40.6 Å². The normalized spacial score (nSPS) is 15.4. The molecule has 3 aromatic rings. The van der Waals surface area contributed by atoms with Crippen LogP contribution < -0.4 is 16.2 Å². The summed E-state index contributed by atoms with van der Waals surface area (Å²) in [5.74, 6) is 0.175. The number of thioether (sulfide) groups is 1. The molecule has 4 rings (SSSR count). The summed E-state index contributed by atoms with van der Waals surface area (Å²) < 4.78 is 1.69. The van der Waals surface area contributed by atoms with Crippen molar-refractivity contribution in [3.63, 3.8) is 0 Å². The van der Waals surface area contributed by atoms with Crippen LogP contribution in [0.2, 0.25) is 0 Å². The van der Waals surface area contributed by atoms with E-state index in [1.54, 1.807) is 15.9 Å². The van der Waals surface area contributed by atoms with E-state index < -0.39 is 11.9 Å². The van der Waals surface area contributed by atoms with Gasteiger partial charge in [-0.3, -0.25) is 19.5 Å². The molecule has 0 fully saturated rings. The summed E-state index contributed by atoms with van der Waals surface area (Å²) in [6.45, 7) is 2.72. The zero-order valence-corrected chi connectivity index (χ0v) is 19.8. The van der Waals surface area contributed by atoms with Gasteiger partial charge in [-0.2, -0.15) is 0 Å². The first-order valence-electron chi connectivity index (χ1n) is 10.7. The molecule has 32 heavy (non-hydrogen) atoms. The van der Waals surface area contributed by atoms with Gasteiger partial charge < -0.3 is 5.32 Å². The molecule has 3 amide bonds. The van der Waals surface area contributed by atoms with Gasteiger partial charge in [0.1, 0.15) is 4.83 Å². The summed E-state index contributed by atoms with van der Waals surface area (Å²) >= 11 is 2.79. The number of nitrogens with zero attached hydrogens (tertiary/aromatic N) is 2. The number of carbonyl (C=O) groups excluding carboxylic acids is 2. The fourth-order valence-corrected chi connectivity index (χ4v) is 6.20. The fraction of sp³-hybridized carbons (Fsp3) is 0.391. The Morgan fingerprint density at radius 2 is 2.06 bits per heavy atom. The molecule has 2 N–H and O–H groups in total. The largest absolute Gasteiger partial charge is 0.341 e. The standard InChI is InChI=1S/C23H26N4O3S2/c1-14-8-9-16-17(12-14)32-20-19(16)21(29)27(11-10-15-6-4-3-5-7-15)23(26-20)31-13-18(28)25-22(30)24-2/h3-7,14H,8-13H2,1-2H3,(H2,24,25,28,30). The van der Waals surface area contributed by atoms with Crippen LogP contribution in [0.1, 0.15) is 29.3 Å². The molecular formula is C23H26N4O3S2. The second-order valence-electron chi connectivity index (χ2n) is 8.03. The molecule has 1 aliphatic carbocycles. The van der Waals surface area contributed by atoms with Gasteiger partial charge >= 0.3 is 6.03 Å². The number of nitrogens with one attached hydrogen (secondary N) is 2. The van der Waals surface area contributed by atoms with Crippen molar-refractivity contribution in [1.29, 1.82) is 0 Å². The predicted octanol–water partition coefficient (Wildman–Crippen LogP) is 3.37. The molecule has 1 aromatic carbocycles. The van der Waals surface area contributed by atoms with Gasteiger partial charge in [0, 0.05) is 18.5 Å². The highest BCUT2D eigenvalue weighted by Crippen LogP contribution is 2.36. The fourth-order valence-electron chi connectivity index (χ4n) is 3.95. The number of imide groups is 1. The van der Waals surface area contributed by atoms with Crippen molar-refractivity contribution in [2.75, 3.05) is 12.8 Å². The number of thiophene rings is 1. The number of aryl methyl sites for hydroxylation is 2. The number of urea groups is 1. The average molecular weight is 471 g/mol. The lowest BCUT2D eigenvalue weighted by atomic mass is 9.89. The van der Waals surface area contributed by atoms with Gasteiger partial charge in [-0.15, -0.1) is 11.3 Å². The Labute approximate surface area is 194 Å². The highest BCUT2D eigenvalue weighted by Gasteiger charge is 2.25. The summed E-state index contributed by atoms with van der Waals surface area (Å²) in [6, 6.07) is 9.45. The number of hydrogen-bond acceptors (Lipinski definition) is 6. The second-order valence-corrected chi connectivity index (χ2v) is 10.1. The van der Waals surface area contributed by atoms with Gasteiger partial charge in [0.2, 0.25) is 5.91 Å². The van der Waals surface area contributed by atoms with Crippen molar-refractivity contribution >= 4 is 45.3 Å². The van der Waals surface area contributed by atoms with Crippen LogP contribution in [0, 0.1) is 5.92 Å². The minimum Gasteiger partial charge on any atom is -0.341 e. The molecule has 2 aromatic heterocycles. The summed E-state index contributed by atoms with van der Waals surface area (Å²) in [5, 5.41) is 5.86. The maximum atomic E-state index is 13.6. The van der Waals surface area contributed by atoms with Crippen LogP contribution in [0.5, 0.6) is 0 Å². The van der Waals surface area contributed by atoms with E-state index in [1.165, 1.54) is 23.7 Å². The smallest absolute Gasteiger partial charge is 0.321 e. The highest BCUT2D eigenvalue weighted by atomic mass is 32.2. The Morgan fingerprint density at radius 3 is 2.81 bits per heavy atom. The van der Waals surface area contributed by atoms with Gasteiger partial charge in [0.25, 0.3) is 5.56 Å². The third-order valence-electron chi connectivity index (χ3n) is 5.66. The summed E-state index contributed by atoms with van der Waals surface area (Å²) in [5.41, 5.74) is 2.25. The van der Waals surface area contributed by atoms with Crippen molar-refractivity contribution in [3.8, 4) is 0 Å². The van der Waals surface area contributed by atoms with Crippen molar-refractivity contribution in [2.45, 2.75) is 44.3 Å². The Bertz CT molecular complexity index is 1200. The monoisotopic (exact) mass is 470 g/mol. The molecule has 2 heterocycles. The zero-order valence-electron chi connectivity index (χ0n) is 18.1. The number of amides is 3. The summed E-state index contributed by atoms with van der Waals surface area (Å²) in [6.07, 6.45) is 3.66. The molecular weight excluding hydrogens is 444 g/mol. The lowest BCUT2D eigenvalue weighted by molar-refractivity contribution is -0.117. The Balaban J connectivity index is 1.68. The van der Waals surface area contributed by atoms with E-state index in [1.807, 2.05) is 30.3 Å². The lowest BCUT2D eigenvalue weighted by Gasteiger charge is -2.17. The van der Waals surface area contributed by atoms with Crippen LogP contribution in [-0.2, 0) is 30.6 Å². The van der Waals surface area contributed by atoms with Crippen molar-refractivity contribution in [2.24, 2.45) is 5.92 Å². The second kappa shape index (κ2) is 9.87. The first-order valence-corrected chi connectivity index (χ1v) is 12.5. The zero-order chi connectivity index (χ0) is 22.7. The van der Waals surface area contributed by atoms with Crippen LogP contribution in [0.15, 0.2) is 40.3 Å². The Kier molecular flexibility index (Phi) is 6.95. The average Bonchev–Trinajstić information content (AvgIpc) is 3.15. The van der Waals surface area contributed by atoms with Gasteiger partial charge in [-0.05, 0) is 42.7 Å². The topological polar surface area (TPSA) is 93.1 Å². The lowest BCUT2D eigenvalue weighted by Crippen LogP contribution is -2.38. The van der Waals surface area contributed by atoms with Crippen LogP contribution in [0.4, 0.5) is 4.79 Å². The molecule has 0 spiro atoms. The van der Waals surface area contributed by atoms with Crippen LogP contribution in [0.25, 0.3) is 10.2 Å². The van der Waals surface area contributed by atoms with E-state index in [2.05, 4.69) is 17.6 Å². The van der Waals surface area contributed by atoms with Gasteiger partial charge in [-0.1, -0.05) is 49.0 Å². The van der Waals surface area contributed by atoms with Crippen LogP contribution in [0.3, 0.4) is 0 Å². The molecule has 0 aliphatic heterocycles. The van der Waals surface area contributed by atoms with Crippen LogP contribution >= 0.6 is 23.1 Å². The molecule has 1 unspecified atom stereocenters. The third kappa shape index (κ3) is 4.88. The Hall–Kier alpha value is -2.65. The number of hydrogen-bond donors (Lipinski definition) is 2. The molecule has 0 saturated heterocycles. The first kappa shape index (κ1) is 22.5. The molecule has 168 valence electrons. The van der Waals surface area contributed by atoms with E-state index in [4.69, 9.17) is 4.98 Å². The number of benzene rings is 1. The molecule has 0 radical (unpaired) electrons. The quantitative estimate of drug-likeness (QED) is 0.426. The predicted molar refractivity (Wildman–Crippen MR) is 129 cm³/mol.